The number of likely N-dealkylation sites (tertiary alicyclic amines) is 1. The van der Waals surface area contributed by atoms with Crippen LogP contribution in [-0.2, 0) is 29.0 Å². The van der Waals surface area contributed by atoms with Crippen LogP contribution in [0.3, 0.4) is 0 Å². The number of anilines is 1. The highest BCUT2D eigenvalue weighted by atomic mass is 16.5. The third-order valence-corrected chi connectivity index (χ3v) is 8.15. The Bertz CT molecular complexity index is 1310. The number of amides is 1. The number of carboxylic acid groups (broad SMARTS) is 1. The van der Waals surface area contributed by atoms with E-state index in [1.54, 1.807) is 6.20 Å². The first-order chi connectivity index (χ1) is 19.5. The van der Waals surface area contributed by atoms with Gasteiger partial charge in [-0.2, -0.15) is 0 Å². The van der Waals surface area contributed by atoms with Gasteiger partial charge in [0.25, 0.3) is 0 Å². The molecule has 0 spiro atoms. The van der Waals surface area contributed by atoms with Crippen LogP contribution in [0.4, 0.5) is 5.69 Å². The molecule has 2 aliphatic heterocycles. The highest BCUT2D eigenvalue weighted by Gasteiger charge is 2.47. The number of hydrogen-bond donors (Lipinski definition) is 2. The fourth-order valence-electron chi connectivity index (χ4n) is 6.10. The molecule has 212 valence electrons. The van der Waals surface area contributed by atoms with Crippen molar-refractivity contribution in [2.75, 3.05) is 31.1 Å². The topological polar surface area (TPSA) is 122 Å². The highest BCUT2D eigenvalue weighted by Crippen LogP contribution is 2.41. The number of aliphatic carboxylic acids is 1. The normalized spacial score (nSPS) is 20.3. The molecule has 2 aromatic carbocycles. The zero-order chi connectivity index (χ0) is 28.1. The summed E-state index contributed by atoms with van der Waals surface area (Å²) in [6.07, 6.45) is 6.77. The molecule has 1 saturated heterocycles. The first-order valence-electron chi connectivity index (χ1n) is 14.2. The smallest absolute Gasteiger partial charge is 0.308 e. The monoisotopic (exact) mass is 546 g/mol. The van der Waals surface area contributed by atoms with E-state index in [-0.39, 0.29) is 24.4 Å². The number of fused-ring (bicyclic) bond motifs is 1. The van der Waals surface area contributed by atoms with E-state index in [4.69, 9.17) is 14.9 Å². The van der Waals surface area contributed by atoms with E-state index >= 15 is 0 Å². The van der Waals surface area contributed by atoms with E-state index < -0.39 is 11.9 Å². The van der Waals surface area contributed by atoms with Crippen LogP contribution in [0.2, 0.25) is 0 Å². The molecule has 1 fully saturated rings. The minimum Gasteiger partial charge on any atom is -0.493 e. The van der Waals surface area contributed by atoms with Crippen LogP contribution in [0, 0.1) is 5.92 Å². The van der Waals surface area contributed by atoms with Gasteiger partial charge in [-0.1, -0.05) is 37.6 Å². The van der Waals surface area contributed by atoms with Crippen LogP contribution in [0.15, 0.2) is 59.3 Å². The molecule has 3 heterocycles. The number of aromatic nitrogens is 1. The molecule has 9 nitrogen and oxygen atoms in total. The molecule has 0 saturated carbocycles. The number of carbonyl (C=O) groups is 2. The van der Waals surface area contributed by atoms with Gasteiger partial charge in [-0.3, -0.25) is 14.5 Å². The van der Waals surface area contributed by atoms with Crippen LogP contribution in [0.1, 0.15) is 54.7 Å². The van der Waals surface area contributed by atoms with Gasteiger partial charge < -0.3 is 24.9 Å². The van der Waals surface area contributed by atoms with Gasteiger partial charge in [-0.05, 0) is 47.7 Å². The lowest BCUT2D eigenvalue weighted by Crippen LogP contribution is -2.44. The molecule has 5 rings (SSSR count). The van der Waals surface area contributed by atoms with Crippen LogP contribution in [0.5, 0.6) is 5.75 Å². The second kappa shape index (κ2) is 12.7. The van der Waals surface area contributed by atoms with Gasteiger partial charge in [-0.25, -0.2) is 4.98 Å². The number of unbranched alkanes of at least 4 members (excludes halogenated alkanes) is 1. The van der Waals surface area contributed by atoms with Crippen molar-refractivity contribution < 1.29 is 23.8 Å². The first kappa shape index (κ1) is 27.9. The Labute approximate surface area is 234 Å². The van der Waals surface area contributed by atoms with Gasteiger partial charge in [0.1, 0.15) is 12.0 Å². The van der Waals surface area contributed by atoms with E-state index in [0.29, 0.717) is 45.0 Å². The zero-order valence-corrected chi connectivity index (χ0v) is 23.0. The predicted octanol–water partition coefficient (Wildman–Crippen LogP) is 4.00. The number of benzene rings is 2. The number of carboxylic acids is 1. The van der Waals surface area contributed by atoms with Crippen molar-refractivity contribution in [3.8, 4) is 5.75 Å². The van der Waals surface area contributed by atoms with E-state index in [1.165, 1.54) is 6.26 Å². The summed E-state index contributed by atoms with van der Waals surface area (Å²) in [5, 5.41) is 10.5. The molecule has 9 heteroatoms. The number of oxazole rings is 1. The minimum absolute atomic E-state index is 0.0455. The molecule has 3 aromatic rings. The molecule has 3 N–H and O–H groups in total. The summed E-state index contributed by atoms with van der Waals surface area (Å²) >= 11 is 0. The quantitative estimate of drug-likeness (QED) is 0.350. The summed E-state index contributed by atoms with van der Waals surface area (Å²) in [4.78, 5) is 34.8. The summed E-state index contributed by atoms with van der Waals surface area (Å²) < 4.78 is 11.1. The average molecular weight is 547 g/mol. The molecule has 3 atom stereocenters. The van der Waals surface area contributed by atoms with Gasteiger partial charge in [-0.15, -0.1) is 0 Å². The molecule has 0 radical (unpaired) electrons. The molecule has 0 bridgehead atoms. The van der Waals surface area contributed by atoms with Gasteiger partial charge >= 0.3 is 5.97 Å². The second-order valence-corrected chi connectivity index (χ2v) is 10.7. The van der Waals surface area contributed by atoms with E-state index in [9.17, 15) is 14.7 Å². The minimum atomic E-state index is -0.854. The number of nitrogens with two attached hydrogens (primary N) is 1. The average Bonchev–Trinajstić information content (AvgIpc) is 3.72. The standard InChI is InChI=1S/C31H38N4O5/c1-2-3-13-35(24-6-4-5-21(16-24)18-32)29(36)20-34-19-25(22-7-9-27-23(17-22)11-14-39-27)30(31(37)38)26(34)8-10-28-33-12-15-40-28/h4-7,9,12,15-17,25-26,30H,2-3,8,10-11,13-14,18-20,32H2,1H3,(H,37,38). The maximum Gasteiger partial charge on any atom is 0.308 e. The van der Waals surface area contributed by atoms with Gasteiger partial charge in [0.15, 0.2) is 5.89 Å². The van der Waals surface area contributed by atoms with E-state index in [2.05, 4.69) is 22.9 Å². The zero-order valence-electron chi connectivity index (χ0n) is 23.0. The van der Waals surface area contributed by atoms with E-state index in [1.807, 2.05) is 41.3 Å². The maximum atomic E-state index is 13.9. The van der Waals surface area contributed by atoms with Gasteiger partial charge in [0.2, 0.25) is 5.91 Å². The largest absolute Gasteiger partial charge is 0.493 e. The first-order valence-corrected chi connectivity index (χ1v) is 14.2. The van der Waals surface area contributed by atoms with Crippen molar-refractivity contribution in [1.29, 1.82) is 0 Å². The molecule has 1 aromatic heterocycles. The lowest BCUT2D eigenvalue weighted by atomic mass is 9.83. The molecule has 3 unspecified atom stereocenters. The van der Waals surface area contributed by atoms with Crippen LogP contribution in [0.25, 0.3) is 0 Å². The molecule has 40 heavy (non-hydrogen) atoms. The fourth-order valence-corrected chi connectivity index (χ4v) is 6.10. The molecule has 0 aliphatic carbocycles. The Morgan fingerprint density at radius 3 is 2.85 bits per heavy atom. The Kier molecular flexibility index (Phi) is 8.81. The molecule has 1 amide bonds. The van der Waals surface area contributed by atoms with Gasteiger partial charge in [0, 0.05) is 50.1 Å². The van der Waals surface area contributed by atoms with E-state index in [0.717, 1.165) is 47.4 Å². The lowest BCUT2D eigenvalue weighted by molar-refractivity contribution is -0.143. The lowest BCUT2D eigenvalue weighted by Gasteiger charge is -2.30. The highest BCUT2D eigenvalue weighted by molar-refractivity contribution is 5.95. The molecule has 2 aliphatic rings. The summed E-state index contributed by atoms with van der Waals surface area (Å²) in [6.45, 7) is 4.33. The Balaban J connectivity index is 1.43. The van der Waals surface area contributed by atoms with Crippen molar-refractivity contribution in [3.05, 3.63) is 77.5 Å². The van der Waals surface area contributed by atoms with Crippen LogP contribution in [-0.4, -0.2) is 59.1 Å². The summed E-state index contributed by atoms with van der Waals surface area (Å²) in [5.41, 5.74) is 9.75. The Morgan fingerprint density at radius 2 is 2.10 bits per heavy atom. The Morgan fingerprint density at radius 1 is 1.23 bits per heavy atom. The van der Waals surface area contributed by atoms with Crippen molar-refractivity contribution in [1.82, 2.24) is 9.88 Å². The third kappa shape index (κ3) is 6.05. The predicted molar refractivity (Wildman–Crippen MR) is 151 cm³/mol. The van der Waals surface area contributed by atoms with Crippen molar-refractivity contribution >= 4 is 17.6 Å². The van der Waals surface area contributed by atoms with Crippen LogP contribution >= 0.6 is 0 Å². The number of nitrogens with zero attached hydrogens (tertiary/aromatic N) is 3. The SMILES string of the molecule is CCCCN(C(=O)CN1CC(c2ccc3c(c2)CCO3)C(C(=O)O)C1CCc1ncco1)c1cccc(CN)c1. The number of aryl methyl sites for hydroxylation is 1. The molecular formula is C31H38N4O5. The Hall–Kier alpha value is -3.69. The van der Waals surface area contributed by atoms with Crippen LogP contribution < -0.4 is 15.4 Å². The number of hydrogen-bond acceptors (Lipinski definition) is 7. The summed E-state index contributed by atoms with van der Waals surface area (Å²) in [7, 11) is 0. The molecular weight excluding hydrogens is 508 g/mol. The number of ether oxygens (including phenoxy) is 1. The number of rotatable bonds is 12. The van der Waals surface area contributed by atoms with Gasteiger partial charge in [0.05, 0.1) is 25.3 Å². The van der Waals surface area contributed by atoms with Crippen molar-refractivity contribution in [3.63, 3.8) is 0 Å². The summed E-state index contributed by atoms with van der Waals surface area (Å²) in [6, 6.07) is 13.4. The summed E-state index contributed by atoms with van der Waals surface area (Å²) in [5.74, 6) is -0.393. The second-order valence-electron chi connectivity index (χ2n) is 10.7. The van der Waals surface area contributed by atoms with Crippen molar-refractivity contribution in [2.45, 2.75) is 57.5 Å². The third-order valence-electron chi connectivity index (χ3n) is 8.15. The fraction of sp³-hybridized carbons (Fsp3) is 0.452. The maximum absolute atomic E-state index is 13.9. The van der Waals surface area contributed by atoms with Crippen molar-refractivity contribution in [2.24, 2.45) is 11.7 Å². The number of carbonyl (C=O) groups excluding carboxylic acids is 1.